The van der Waals surface area contributed by atoms with Crippen molar-refractivity contribution in [3.63, 3.8) is 0 Å². The van der Waals surface area contributed by atoms with Crippen molar-refractivity contribution in [1.29, 1.82) is 0 Å². The Balaban J connectivity index is 1.85. The molecule has 0 radical (unpaired) electrons. The van der Waals surface area contributed by atoms with Crippen LogP contribution in [0.4, 0.5) is 0 Å². The number of carbonyl (C=O) groups is 2. The van der Waals surface area contributed by atoms with Gasteiger partial charge >= 0.3 is 11.9 Å². The molecule has 0 fully saturated rings. The van der Waals surface area contributed by atoms with E-state index in [1.807, 2.05) is 51.1 Å². The highest BCUT2D eigenvalue weighted by molar-refractivity contribution is 5.90. The van der Waals surface area contributed by atoms with Crippen molar-refractivity contribution in [2.75, 3.05) is 6.61 Å². The van der Waals surface area contributed by atoms with Gasteiger partial charge in [0.25, 0.3) is 0 Å². The van der Waals surface area contributed by atoms with E-state index in [9.17, 15) is 9.59 Å². The Morgan fingerprint density at radius 2 is 1.41 bits per heavy atom. The lowest BCUT2D eigenvalue weighted by Gasteiger charge is -2.05. The van der Waals surface area contributed by atoms with Gasteiger partial charge in [-0.1, -0.05) is 44.2 Å². The normalized spacial score (nSPS) is 10.9. The van der Waals surface area contributed by atoms with E-state index in [0.717, 1.165) is 52.0 Å². The van der Waals surface area contributed by atoms with Crippen LogP contribution in [0.5, 0.6) is 0 Å². The third kappa shape index (κ3) is 4.79. The molecule has 3 aromatic rings. The zero-order valence-corrected chi connectivity index (χ0v) is 19.6. The molecule has 6 heteroatoms. The van der Waals surface area contributed by atoms with E-state index >= 15 is 0 Å². The fraction of sp³-hybridized carbons (Fsp3) is 0.385. The molecule has 0 aliphatic carbocycles. The van der Waals surface area contributed by atoms with Crippen LogP contribution in [0.25, 0.3) is 0 Å². The Morgan fingerprint density at radius 1 is 0.781 bits per heavy atom. The number of ether oxygens (including phenoxy) is 2. The Hall–Kier alpha value is -3.28. The summed E-state index contributed by atoms with van der Waals surface area (Å²) in [4.78, 5) is 31.7. The van der Waals surface area contributed by atoms with Gasteiger partial charge in [-0.2, -0.15) is 0 Å². The van der Waals surface area contributed by atoms with Crippen LogP contribution in [0.2, 0.25) is 0 Å². The number of esters is 2. The molecule has 1 aromatic carbocycles. The van der Waals surface area contributed by atoms with Gasteiger partial charge in [0.15, 0.2) is 0 Å². The maximum absolute atomic E-state index is 12.7. The second kappa shape index (κ2) is 10.4. The smallest absolute Gasteiger partial charge is 0.355 e. The lowest BCUT2D eigenvalue weighted by Crippen LogP contribution is -2.08. The molecule has 32 heavy (non-hydrogen) atoms. The molecule has 0 saturated carbocycles. The van der Waals surface area contributed by atoms with E-state index in [0.29, 0.717) is 24.4 Å². The highest BCUT2D eigenvalue weighted by Gasteiger charge is 2.23. The summed E-state index contributed by atoms with van der Waals surface area (Å²) in [5, 5.41) is 0. The van der Waals surface area contributed by atoms with Gasteiger partial charge in [-0.05, 0) is 61.4 Å². The summed E-state index contributed by atoms with van der Waals surface area (Å²) in [5.41, 5.74) is 7.89. The number of H-pyrrole nitrogens is 2. The molecule has 6 nitrogen and oxygen atoms in total. The van der Waals surface area contributed by atoms with E-state index in [1.54, 1.807) is 6.92 Å². The molecular formula is C26H32N2O4. The molecule has 2 aromatic heterocycles. The topological polar surface area (TPSA) is 84.2 Å². The van der Waals surface area contributed by atoms with Gasteiger partial charge < -0.3 is 19.4 Å². The minimum Gasteiger partial charge on any atom is -0.461 e. The van der Waals surface area contributed by atoms with E-state index < -0.39 is 0 Å². The minimum absolute atomic E-state index is 0.228. The lowest BCUT2D eigenvalue weighted by molar-refractivity contribution is 0.0464. The van der Waals surface area contributed by atoms with Crippen LogP contribution in [0.1, 0.15) is 81.0 Å². The molecule has 0 unspecified atom stereocenters. The fourth-order valence-corrected chi connectivity index (χ4v) is 4.09. The average Bonchev–Trinajstić information content (AvgIpc) is 3.30. The highest BCUT2D eigenvalue weighted by Crippen LogP contribution is 2.27. The van der Waals surface area contributed by atoms with Crippen molar-refractivity contribution in [2.45, 2.75) is 60.5 Å². The first kappa shape index (κ1) is 23.4. The summed E-state index contributed by atoms with van der Waals surface area (Å²) in [5.74, 6) is -0.695. The van der Waals surface area contributed by atoms with E-state index in [2.05, 4.69) is 16.9 Å². The Bertz CT molecular complexity index is 1090. The molecule has 3 rings (SSSR count). The third-order valence-corrected chi connectivity index (χ3v) is 5.93. The van der Waals surface area contributed by atoms with Gasteiger partial charge in [0.2, 0.25) is 0 Å². The van der Waals surface area contributed by atoms with Crippen molar-refractivity contribution in [3.05, 3.63) is 80.9 Å². The summed E-state index contributed by atoms with van der Waals surface area (Å²) in [6.45, 7) is 10.4. The highest BCUT2D eigenvalue weighted by atomic mass is 16.5. The quantitative estimate of drug-likeness (QED) is 0.451. The third-order valence-electron chi connectivity index (χ3n) is 5.93. The maximum atomic E-state index is 12.7. The minimum atomic E-state index is -0.371. The Labute approximate surface area is 189 Å². The van der Waals surface area contributed by atoms with Gasteiger partial charge in [-0.15, -0.1) is 0 Å². The Kier molecular flexibility index (Phi) is 7.57. The summed E-state index contributed by atoms with van der Waals surface area (Å²) in [6.07, 6.45) is 2.11. The molecule has 2 N–H and O–H groups in total. The number of aromatic nitrogens is 2. The molecule has 0 spiro atoms. The SMILES string of the molecule is CCOC(=O)c1[nH]c(Cc2[nH]c(C(=O)OCc3ccccc3)c(C)c2C)c(CC)c1CC. The number of rotatable bonds is 9. The summed E-state index contributed by atoms with van der Waals surface area (Å²) < 4.78 is 10.8. The molecule has 0 saturated heterocycles. The van der Waals surface area contributed by atoms with E-state index in [-0.39, 0.29) is 18.5 Å². The van der Waals surface area contributed by atoms with Gasteiger partial charge in [0.05, 0.1) is 6.61 Å². The van der Waals surface area contributed by atoms with Crippen LogP contribution >= 0.6 is 0 Å². The molecule has 0 atom stereocenters. The maximum Gasteiger partial charge on any atom is 0.355 e. The van der Waals surface area contributed by atoms with Crippen molar-refractivity contribution >= 4 is 11.9 Å². The van der Waals surface area contributed by atoms with Crippen LogP contribution < -0.4 is 0 Å². The number of hydrogen-bond donors (Lipinski definition) is 2. The number of benzene rings is 1. The van der Waals surface area contributed by atoms with Crippen molar-refractivity contribution in [2.24, 2.45) is 0 Å². The number of aromatic amines is 2. The summed E-state index contributed by atoms with van der Waals surface area (Å²) >= 11 is 0. The van der Waals surface area contributed by atoms with Crippen molar-refractivity contribution in [3.8, 4) is 0 Å². The standard InChI is InChI=1S/C26H32N2O4/c1-6-19-20(7-2)24(26(30)31-8-3)28-22(19)14-21-16(4)17(5)23(27-21)25(29)32-15-18-12-10-9-11-13-18/h9-13,27-28H,6-8,14-15H2,1-5H3. The van der Waals surface area contributed by atoms with Gasteiger partial charge in [0.1, 0.15) is 18.0 Å². The molecule has 170 valence electrons. The molecular weight excluding hydrogens is 404 g/mol. The van der Waals surface area contributed by atoms with Gasteiger partial charge in [-0.3, -0.25) is 0 Å². The first-order chi connectivity index (χ1) is 15.4. The molecule has 0 bridgehead atoms. The largest absolute Gasteiger partial charge is 0.461 e. The zero-order chi connectivity index (χ0) is 23.3. The lowest BCUT2D eigenvalue weighted by atomic mass is 10.0. The van der Waals surface area contributed by atoms with Crippen molar-refractivity contribution in [1.82, 2.24) is 9.97 Å². The molecule has 0 aliphatic heterocycles. The number of carbonyl (C=O) groups excluding carboxylic acids is 2. The predicted octanol–water partition coefficient (Wildman–Crippen LogP) is 5.21. The summed E-state index contributed by atoms with van der Waals surface area (Å²) in [6, 6.07) is 9.62. The molecule has 0 amide bonds. The first-order valence-corrected chi connectivity index (χ1v) is 11.2. The number of nitrogens with one attached hydrogen (secondary N) is 2. The van der Waals surface area contributed by atoms with Crippen LogP contribution in [0.3, 0.4) is 0 Å². The van der Waals surface area contributed by atoms with Gasteiger partial charge in [-0.25, -0.2) is 9.59 Å². The second-order valence-corrected chi connectivity index (χ2v) is 7.83. The van der Waals surface area contributed by atoms with Crippen LogP contribution in [0.15, 0.2) is 30.3 Å². The first-order valence-electron chi connectivity index (χ1n) is 11.2. The summed E-state index contributed by atoms with van der Waals surface area (Å²) in [7, 11) is 0. The fourth-order valence-electron chi connectivity index (χ4n) is 4.09. The average molecular weight is 437 g/mol. The van der Waals surface area contributed by atoms with E-state index in [4.69, 9.17) is 9.47 Å². The van der Waals surface area contributed by atoms with Crippen LogP contribution in [-0.4, -0.2) is 28.5 Å². The molecule has 2 heterocycles. The Morgan fingerprint density at radius 3 is 2.03 bits per heavy atom. The van der Waals surface area contributed by atoms with Crippen LogP contribution in [0, 0.1) is 13.8 Å². The second-order valence-electron chi connectivity index (χ2n) is 7.83. The van der Waals surface area contributed by atoms with E-state index in [1.165, 1.54) is 0 Å². The predicted molar refractivity (Wildman–Crippen MR) is 124 cm³/mol. The van der Waals surface area contributed by atoms with Crippen LogP contribution in [-0.2, 0) is 35.3 Å². The number of hydrogen-bond acceptors (Lipinski definition) is 4. The monoisotopic (exact) mass is 436 g/mol. The van der Waals surface area contributed by atoms with Gasteiger partial charge in [0, 0.05) is 17.8 Å². The molecule has 0 aliphatic rings. The zero-order valence-electron chi connectivity index (χ0n) is 19.6. The van der Waals surface area contributed by atoms with Crippen molar-refractivity contribution < 1.29 is 19.1 Å².